The minimum absolute atomic E-state index is 0.0910. The first-order valence-corrected chi connectivity index (χ1v) is 8.35. The van der Waals surface area contributed by atoms with E-state index in [-0.39, 0.29) is 16.5 Å². The first-order chi connectivity index (χ1) is 11.0. The predicted molar refractivity (Wildman–Crippen MR) is 90.4 cm³/mol. The Morgan fingerprint density at radius 1 is 1.17 bits per heavy atom. The second kappa shape index (κ2) is 5.25. The maximum Gasteiger partial charge on any atom is 0.222 e. The van der Waals surface area contributed by atoms with Crippen molar-refractivity contribution in [3.05, 3.63) is 40.0 Å². The van der Waals surface area contributed by atoms with E-state index in [1.807, 2.05) is 13.0 Å². The molecule has 6 heteroatoms. The van der Waals surface area contributed by atoms with Crippen LogP contribution in [0.1, 0.15) is 38.2 Å². The molecule has 118 valence electrons. The Kier molecular flexibility index (Phi) is 3.43. The monoisotopic (exact) mass is 349 g/mol. The summed E-state index contributed by atoms with van der Waals surface area (Å²) in [5, 5.41) is 0.443. The molecule has 1 fully saturated rings. The number of aliphatic imine (C=N–C) groups is 1. The molecule has 0 N–H and O–H groups in total. The molecule has 0 atom stereocenters. The zero-order chi connectivity index (χ0) is 16.2. The average molecular weight is 350 g/mol. The van der Waals surface area contributed by atoms with Crippen LogP contribution in [0.3, 0.4) is 0 Å². The van der Waals surface area contributed by atoms with Crippen LogP contribution in [0.4, 0.5) is 10.1 Å². The van der Waals surface area contributed by atoms with Crippen molar-refractivity contribution in [2.45, 2.75) is 38.0 Å². The molecule has 0 saturated heterocycles. The van der Waals surface area contributed by atoms with Crippen molar-refractivity contribution < 1.29 is 4.39 Å². The van der Waals surface area contributed by atoms with Crippen LogP contribution in [0.25, 0.3) is 11.3 Å². The van der Waals surface area contributed by atoms with Gasteiger partial charge in [0, 0.05) is 16.7 Å². The topological polar surface area (TPSA) is 38.1 Å². The summed E-state index contributed by atoms with van der Waals surface area (Å²) in [5.41, 5.74) is 3.36. The van der Waals surface area contributed by atoms with Crippen molar-refractivity contribution in [3.8, 4) is 11.3 Å². The highest BCUT2D eigenvalue weighted by Crippen LogP contribution is 2.52. The Bertz CT molecular complexity index is 842. The van der Waals surface area contributed by atoms with Gasteiger partial charge in [-0.05, 0) is 49.1 Å². The van der Waals surface area contributed by atoms with E-state index in [4.69, 9.17) is 23.2 Å². The minimum Gasteiger partial charge on any atom is -0.254 e. The molecule has 2 aromatic rings. The lowest BCUT2D eigenvalue weighted by Gasteiger charge is -2.25. The summed E-state index contributed by atoms with van der Waals surface area (Å²) in [6, 6.07) is 3.39. The second-order valence-electron chi connectivity index (χ2n) is 6.18. The van der Waals surface area contributed by atoms with Gasteiger partial charge in [-0.1, -0.05) is 24.4 Å². The van der Waals surface area contributed by atoms with E-state index in [0.29, 0.717) is 22.0 Å². The minimum atomic E-state index is -0.341. The maximum atomic E-state index is 14.7. The molecule has 4 rings (SSSR count). The zero-order valence-electron chi connectivity index (χ0n) is 12.5. The summed E-state index contributed by atoms with van der Waals surface area (Å²) in [6.45, 7) is 2.00. The van der Waals surface area contributed by atoms with Gasteiger partial charge in [0.1, 0.15) is 11.5 Å². The molecule has 0 amide bonds. The lowest BCUT2D eigenvalue weighted by atomic mass is 9.76. The van der Waals surface area contributed by atoms with Gasteiger partial charge in [0.15, 0.2) is 0 Å². The number of fused-ring (bicyclic) bond motifs is 2. The first-order valence-electron chi connectivity index (χ1n) is 7.59. The van der Waals surface area contributed by atoms with Gasteiger partial charge in [-0.25, -0.2) is 14.4 Å². The van der Waals surface area contributed by atoms with Gasteiger partial charge in [-0.3, -0.25) is 4.99 Å². The van der Waals surface area contributed by atoms with Crippen molar-refractivity contribution in [2.75, 3.05) is 0 Å². The fraction of sp³-hybridized carbons (Fsp3) is 0.353. The van der Waals surface area contributed by atoms with Crippen LogP contribution in [0, 0.1) is 5.82 Å². The fourth-order valence-electron chi connectivity index (χ4n) is 3.84. The van der Waals surface area contributed by atoms with Crippen LogP contribution in [0.15, 0.2) is 23.3 Å². The summed E-state index contributed by atoms with van der Waals surface area (Å²) in [7, 11) is 0. The summed E-state index contributed by atoms with van der Waals surface area (Å²) in [4.78, 5) is 12.5. The predicted octanol–water partition coefficient (Wildman–Crippen LogP) is 5.51. The van der Waals surface area contributed by atoms with Crippen molar-refractivity contribution in [1.29, 1.82) is 0 Å². The normalized spacial score (nSPS) is 18.3. The standard InChI is InChI=1S/C17H14Cl2FN3/c1-9-17(4-2-3-5-17)11-6-10(7-13(20)15(11)22-9)14-12(18)8-21-16(19)23-14/h6-8H,2-5H2,1H3. The third kappa shape index (κ3) is 2.19. The summed E-state index contributed by atoms with van der Waals surface area (Å²) < 4.78 is 14.7. The highest BCUT2D eigenvalue weighted by molar-refractivity contribution is 6.33. The molecule has 0 bridgehead atoms. The molecular weight excluding hydrogens is 336 g/mol. The molecule has 1 aliphatic carbocycles. The van der Waals surface area contributed by atoms with Gasteiger partial charge >= 0.3 is 0 Å². The molecule has 1 saturated carbocycles. The average Bonchev–Trinajstić information content (AvgIpc) is 3.11. The van der Waals surface area contributed by atoms with Gasteiger partial charge in [0.05, 0.1) is 16.9 Å². The third-order valence-corrected chi connectivity index (χ3v) is 5.46. The van der Waals surface area contributed by atoms with Gasteiger partial charge in [-0.2, -0.15) is 0 Å². The quantitative estimate of drug-likeness (QED) is 0.636. The Morgan fingerprint density at radius 2 is 1.91 bits per heavy atom. The van der Waals surface area contributed by atoms with Crippen LogP contribution >= 0.6 is 23.2 Å². The number of hydrogen-bond acceptors (Lipinski definition) is 3. The van der Waals surface area contributed by atoms with Crippen molar-refractivity contribution in [3.63, 3.8) is 0 Å². The SMILES string of the molecule is CC1=Nc2c(F)cc(-c3nc(Cl)ncc3Cl)cc2C12CCCC2. The van der Waals surface area contributed by atoms with E-state index in [2.05, 4.69) is 15.0 Å². The van der Waals surface area contributed by atoms with Crippen LogP contribution < -0.4 is 0 Å². The van der Waals surface area contributed by atoms with Crippen LogP contribution in [-0.2, 0) is 5.41 Å². The van der Waals surface area contributed by atoms with Crippen molar-refractivity contribution >= 4 is 34.6 Å². The van der Waals surface area contributed by atoms with Gasteiger partial charge in [0.2, 0.25) is 5.28 Å². The lowest BCUT2D eigenvalue weighted by Crippen LogP contribution is -2.27. The Hall–Kier alpha value is -1.52. The number of aromatic nitrogens is 2. The van der Waals surface area contributed by atoms with E-state index in [0.717, 1.165) is 37.0 Å². The number of benzene rings is 1. The van der Waals surface area contributed by atoms with Crippen molar-refractivity contribution in [2.24, 2.45) is 4.99 Å². The van der Waals surface area contributed by atoms with Gasteiger partial charge in [-0.15, -0.1) is 0 Å². The van der Waals surface area contributed by atoms with E-state index in [9.17, 15) is 4.39 Å². The Balaban J connectivity index is 1.93. The van der Waals surface area contributed by atoms with E-state index in [1.165, 1.54) is 12.3 Å². The fourth-order valence-corrected chi connectivity index (χ4v) is 4.18. The van der Waals surface area contributed by atoms with Gasteiger partial charge < -0.3 is 0 Å². The lowest BCUT2D eigenvalue weighted by molar-refractivity contribution is 0.598. The van der Waals surface area contributed by atoms with Crippen LogP contribution in [0.2, 0.25) is 10.3 Å². The molecule has 2 aliphatic rings. The molecule has 2 heterocycles. The number of nitrogens with zero attached hydrogens (tertiary/aromatic N) is 3. The molecule has 3 nitrogen and oxygen atoms in total. The summed E-state index contributed by atoms with van der Waals surface area (Å²) in [6.07, 6.45) is 5.73. The number of rotatable bonds is 1. The Labute approximate surface area is 143 Å². The van der Waals surface area contributed by atoms with E-state index >= 15 is 0 Å². The zero-order valence-corrected chi connectivity index (χ0v) is 14.0. The van der Waals surface area contributed by atoms with E-state index < -0.39 is 0 Å². The molecule has 0 unspecified atom stereocenters. The highest BCUT2D eigenvalue weighted by Gasteiger charge is 2.44. The molecule has 0 radical (unpaired) electrons. The maximum absolute atomic E-state index is 14.7. The molecule has 1 aromatic heterocycles. The van der Waals surface area contributed by atoms with Crippen molar-refractivity contribution in [1.82, 2.24) is 9.97 Å². The molecule has 1 aromatic carbocycles. The molecule has 1 aliphatic heterocycles. The smallest absolute Gasteiger partial charge is 0.222 e. The molecule has 1 spiro atoms. The Morgan fingerprint density at radius 3 is 2.65 bits per heavy atom. The molecular formula is C17H14Cl2FN3. The summed E-state index contributed by atoms with van der Waals surface area (Å²) >= 11 is 12.0. The third-order valence-electron chi connectivity index (χ3n) is 5.00. The van der Waals surface area contributed by atoms with E-state index in [1.54, 1.807) is 0 Å². The largest absolute Gasteiger partial charge is 0.254 e. The van der Waals surface area contributed by atoms with Crippen LogP contribution in [0.5, 0.6) is 0 Å². The number of halogens is 3. The first kappa shape index (κ1) is 15.0. The highest BCUT2D eigenvalue weighted by atomic mass is 35.5. The summed E-state index contributed by atoms with van der Waals surface area (Å²) in [5.74, 6) is -0.341. The number of hydrogen-bond donors (Lipinski definition) is 0. The second-order valence-corrected chi connectivity index (χ2v) is 6.92. The molecule has 23 heavy (non-hydrogen) atoms. The van der Waals surface area contributed by atoms with Crippen LogP contribution in [-0.4, -0.2) is 15.7 Å². The van der Waals surface area contributed by atoms with Gasteiger partial charge in [0.25, 0.3) is 0 Å².